The molecular formula is C31H31N5O4. The van der Waals surface area contributed by atoms with Crippen LogP contribution in [0.4, 0.5) is 5.69 Å². The normalized spacial score (nSPS) is 15.3. The van der Waals surface area contributed by atoms with E-state index in [4.69, 9.17) is 9.15 Å². The molecule has 1 amide bonds. The molecule has 0 aliphatic carbocycles. The Hall–Kier alpha value is -4.31. The number of oxazole rings is 1. The number of aromatic nitrogens is 2. The minimum atomic E-state index is -0.635. The molecule has 0 bridgehead atoms. The van der Waals surface area contributed by atoms with Gasteiger partial charge < -0.3 is 19.6 Å². The molecule has 1 atom stereocenters. The van der Waals surface area contributed by atoms with Crippen molar-refractivity contribution < 1.29 is 19.1 Å². The number of ether oxygens (including phenoxy) is 1. The highest BCUT2D eigenvalue weighted by atomic mass is 16.5. The largest absolute Gasteiger partial charge is 0.491 e. The van der Waals surface area contributed by atoms with Gasteiger partial charge in [-0.1, -0.05) is 30.3 Å². The number of aliphatic hydroxyl groups excluding tert-OH is 1. The van der Waals surface area contributed by atoms with Crippen molar-refractivity contribution in [3.8, 4) is 17.2 Å². The maximum Gasteiger partial charge on any atom is 0.238 e. The summed E-state index contributed by atoms with van der Waals surface area (Å²) in [5, 5.41) is 14.6. The molecule has 5 aromatic rings. The number of carbonyl (C=O) groups excluding carboxylic acids is 1. The van der Waals surface area contributed by atoms with Crippen molar-refractivity contribution in [3.05, 3.63) is 85.1 Å². The lowest BCUT2D eigenvalue weighted by atomic mass is 10.2. The van der Waals surface area contributed by atoms with E-state index in [0.29, 0.717) is 35.8 Å². The zero-order chi connectivity index (χ0) is 27.3. The van der Waals surface area contributed by atoms with Crippen LogP contribution in [0.25, 0.3) is 33.5 Å². The number of anilines is 1. The maximum absolute atomic E-state index is 12.6. The topological polar surface area (TPSA) is 104 Å². The van der Waals surface area contributed by atoms with Gasteiger partial charge in [0.15, 0.2) is 5.58 Å². The molecule has 0 spiro atoms. The van der Waals surface area contributed by atoms with E-state index in [1.165, 1.54) is 0 Å². The second-order valence-corrected chi connectivity index (χ2v) is 10.0. The number of amides is 1. The summed E-state index contributed by atoms with van der Waals surface area (Å²) in [6, 6.07) is 24.9. The van der Waals surface area contributed by atoms with Crippen LogP contribution < -0.4 is 10.1 Å². The van der Waals surface area contributed by atoms with Crippen LogP contribution >= 0.6 is 0 Å². The Kier molecular flexibility index (Phi) is 7.67. The minimum absolute atomic E-state index is 0.0443. The summed E-state index contributed by atoms with van der Waals surface area (Å²) in [4.78, 5) is 25.8. The van der Waals surface area contributed by atoms with Gasteiger partial charge in [-0.2, -0.15) is 0 Å². The van der Waals surface area contributed by atoms with Crippen molar-refractivity contribution in [2.24, 2.45) is 0 Å². The molecular weight excluding hydrogens is 506 g/mol. The van der Waals surface area contributed by atoms with Gasteiger partial charge in [-0.05, 0) is 42.5 Å². The first-order chi connectivity index (χ1) is 19.6. The smallest absolute Gasteiger partial charge is 0.238 e. The predicted molar refractivity (Wildman–Crippen MR) is 154 cm³/mol. The van der Waals surface area contributed by atoms with E-state index in [0.717, 1.165) is 48.3 Å². The van der Waals surface area contributed by atoms with Gasteiger partial charge in [0.1, 0.15) is 24.0 Å². The number of benzene rings is 3. The monoisotopic (exact) mass is 537 g/mol. The number of nitrogens with one attached hydrogen (secondary N) is 1. The molecule has 2 N–H and O–H groups in total. The van der Waals surface area contributed by atoms with Crippen LogP contribution in [0.3, 0.4) is 0 Å². The molecule has 204 valence electrons. The zero-order valence-corrected chi connectivity index (χ0v) is 22.1. The van der Waals surface area contributed by atoms with Crippen molar-refractivity contribution in [2.45, 2.75) is 6.10 Å². The van der Waals surface area contributed by atoms with Crippen LogP contribution in [-0.4, -0.2) is 82.8 Å². The lowest BCUT2D eigenvalue weighted by Gasteiger charge is -2.35. The van der Waals surface area contributed by atoms with Crippen molar-refractivity contribution in [2.75, 3.05) is 51.2 Å². The molecule has 2 aromatic heterocycles. The highest BCUT2D eigenvalue weighted by Crippen LogP contribution is 2.27. The van der Waals surface area contributed by atoms with E-state index >= 15 is 0 Å². The second kappa shape index (κ2) is 11.8. The molecule has 1 aliphatic rings. The zero-order valence-electron chi connectivity index (χ0n) is 22.1. The molecule has 0 radical (unpaired) electrons. The van der Waals surface area contributed by atoms with Crippen LogP contribution in [0.1, 0.15) is 0 Å². The summed E-state index contributed by atoms with van der Waals surface area (Å²) in [5.74, 6) is 1.16. The van der Waals surface area contributed by atoms with Crippen LogP contribution in [-0.2, 0) is 4.79 Å². The number of aliphatic hydroxyl groups is 1. The first-order valence-corrected chi connectivity index (χ1v) is 13.5. The van der Waals surface area contributed by atoms with E-state index < -0.39 is 6.10 Å². The Labute approximate surface area is 232 Å². The number of piperazine rings is 1. The molecule has 3 heterocycles. The van der Waals surface area contributed by atoms with Gasteiger partial charge in [0.25, 0.3) is 0 Å². The number of nitrogens with zero attached hydrogens (tertiary/aromatic N) is 4. The highest BCUT2D eigenvalue weighted by molar-refractivity contribution is 5.94. The summed E-state index contributed by atoms with van der Waals surface area (Å²) >= 11 is 0. The number of β-amino-alcohol motifs (C(OH)–C–C–N with tert-alkyl or cyclic N) is 1. The predicted octanol–water partition coefficient (Wildman–Crippen LogP) is 4.04. The Morgan fingerprint density at radius 2 is 1.77 bits per heavy atom. The highest BCUT2D eigenvalue weighted by Gasteiger charge is 2.21. The van der Waals surface area contributed by atoms with E-state index in [1.54, 1.807) is 6.20 Å². The Morgan fingerprint density at radius 3 is 2.62 bits per heavy atom. The number of carbonyl (C=O) groups is 1. The third kappa shape index (κ3) is 6.28. The molecule has 40 heavy (non-hydrogen) atoms. The van der Waals surface area contributed by atoms with Gasteiger partial charge in [-0.3, -0.25) is 19.6 Å². The van der Waals surface area contributed by atoms with Crippen LogP contribution in [0.5, 0.6) is 5.75 Å². The molecule has 0 saturated carbocycles. The van der Waals surface area contributed by atoms with Gasteiger partial charge in [0.2, 0.25) is 11.8 Å². The summed E-state index contributed by atoms with van der Waals surface area (Å²) in [6.45, 7) is 4.08. The maximum atomic E-state index is 12.6. The van der Waals surface area contributed by atoms with E-state index in [-0.39, 0.29) is 12.5 Å². The number of pyridine rings is 1. The van der Waals surface area contributed by atoms with Gasteiger partial charge >= 0.3 is 0 Å². The molecule has 1 aliphatic heterocycles. The lowest BCUT2D eigenvalue weighted by molar-refractivity contribution is -0.117. The lowest BCUT2D eigenvalue weighted by Crippen LogP contribution is -2.50. The fraction of sp³-hybridized carbons (Fsp3) is 0.258. The first kappa shape index (κ1) is 25.9. The summed E-state index contributed by atoms with van der Waals surface area (Å²) in [6.07, 6.45) is 1.11. The van der Waals surface area contributed by atoms with E-state index in [1.807, 2.05) is 78.9 Å². The van der Waals surface area contributed by atoms with Gasteiger partial charge in [-0.15, -0.1) is 0 Å². The summed E-state index contributed by atoms with van der Waals surface area (Å²) < 4.78 is 11.7. The molecule has 1 unspecified atom stereocenters. The van der Waals surface area contributed by atoms with Gasteiger partial charge in [-0.25, -0.2) is 4.98 Å². The summed E-state index contributed by atoms with van der Waals surface area (Å²) in [7, 11) is 0. The van der Waals surface area contributed by atoms with Crippen molar-refractivity contribution in [1.82, 2.24) is 19.8 Å². The number of rotatable bonds is 9. The standard InChI is InChI=1S/C31H31N5O4/c37-25(21-39-26-10-11-29-28(18-26)34-31(40-29)23-5-2-1-3-6-23)19-35-13-15-36(16-14-35)20-30(38)33-24-9-8-22-7-4-12-32-27(22)17-24/h1-12,17-18,25,37H,13-16,19-21H2,(H,33,38). The third-order valence-electron chi connectivity index (χ3n) is 7.01. The SMILES string of the molecule is O=C(CN1CCN(CC(O)COc2ccc3oc(-c4ccccc4)nc3c2)CC1)Nc1ccc2cccnc2c1. The first-order valence-electron chi connectivity index (χ1n) is 13.5. The number of hydrogen-bond donors (Lipinski definition) is 2. The second-order valence-electron chi connectivity index (χ2n) is 10.0. The Bertz CT molecular complexity index is 1600. The quantitative estimate of drug-likeness (QED) is 0.290. The van der Waals surface area contributed by atoms with Crippen LogP contribution in [0, 0.1) is 0 Å². The van der Waals surface area contributed by atoms with Gasteiger partial charge in [0.05, 0.1) is 12.1 Å². The fourth-order valence-electron chi connectivity index (χ4n) is 4.92. The molecule has 6 rings (SSSR count). The Morgan fingerprint density at radius 1 is 0.950 bits per heavy atom. The van der Waals surface area contributed by atoms with Crippen LogP contribution in [0.15, 0.2) is 89.5 Å². The van der Waals surface area contributed by atoms with Crippen molar-refractivity contribution in [3.63, 3.8) is 0 Å². The average Bonchev–Trinajstić information content (AvgIpc) is 3.41. The number of fused-ring (bicyclic) bond motifs is 2. The molecule has 9 heteroatoms. The fourth-order valence-corrected chi connectivity index (χ4v) is 4.92. The summed E-state index contributed by atoms with van der Waals surface area (Å²) in [5.41, 5.74) is 3.92. The van der Waals surface area contributed by atoms with Crippen molar-refractivity contribution >= 4 is 33.6 Å². The number of hydrogen-bond acceptors (Lipinski definition) is 8. The van der Waals surface area contributed by atoms with Crippen LogP contribution in [0.2, 0.25) is 0 Å². The third-order valence-corrected chi connectivity index (χ3v) is 7.01. The molecule has 3 aromatic carbocycles. The Balaban J connectivity index is 0.937. The molecule has 9 nitrogen and oxygen atoms in total. The molecule has 1 saturated heterocycles. The van der Waals surface area contributed by atoms with E-state index in [9.17, 15) is 9.90 Å². The minimum Gasteiger partial charge on any atom is -0.491 e. The molecule has 1 fully saturated rings. The van der Waals surface area contributed by atoms with Crippen molar-refractivity contribution in [1.29, 1.82) is 0 Å². The van der Waals surface area contributed by atoms with E-state index in [2.05, 4.69) is 25.1 Å². The average molecular weight is 538 g/mol. The van der Waals surface area contributed by atoms with Gasteiger partial charge in [0, 0.05) is 61.6 Å².